The fourth-order valence-corrected chi connectivity index (χ4v) is 2.49. The van der Waals surface area contributed by atoms with E-state index in [1.54, 1.807) is 0 Å². The monoisotopic (exact) mass is 326 g/mol. The lowest BCUT2D eigenvalue weighted by Crippen LogP contribution is -2.31. The van der Waals surface area contributed by atoms with Crippen molar-refractivity contribution in [2.24, 2.45) is 0 Å². The van der Waals surface area contributed by atoms with Crippen LogP contribution in [0.4, 0.5) is 0 Å². The molecule has 0 atom stereocenters. The summed E-state index contributed by atoms with van der Waals surface area (Å²) in [6.45, 7) is 8.32. The summed E-state index contributed by atoms with van der Waals surface area (Å²) in [4.78, 5) is 16.4. The molecule has 2 N–H and O–H groups in total. The molecule has 2 heterocycles. The molecule has 0 aromatic heterocycles. The van der Waals surface area contributed by atoms with Gasteiger partial charge in [0.1, 0.15) is 0 Å². The summed E-state index contributed by atoms with van der Waals surface area (Å²) in [7, 11) is 0. The number of hydrogen-bond acceptors (Lipinski definition) is 7. The van der Waals surface area contributed by atoms with Crippen molar-refractivity contribution >= 4 is 0 Å². The van der Waals surface area contributed by atoms with Gasteiger partial charge in [-0.1, -0.05) is 54.9 Å². The predicted molar refractivity (Wildman–Crippen MR) is 86.9 cm³/mol. The largest absolute Gasteiger partial charge is 0.242 e. The van der Waals surface area contributed by atoms with Gasteiger partial charge in [0.15, 0.2) is 0 Å². The first-order chi connectivity index (χ1) is 11.2. The Bertz CT molecular complexity index is 411. The molecule has 7 heteroatoms. The first-order valence-electron chi connectivity index (χ1n) is 8.71. The van der Waals surface area contributed by atoms with E-state index in [1.807, 2.05) is 13.8 Å². The van der Waals surface area contributed by atoms with Crippen LogP contribution in [-0.2, 0) is 14.8 Å². The van der Waals surface area contributed by atoms with Crippen LogP contribution in [0.1, 0.15) is 79.1 Å². The van der Waals surface area contributed by atoms with Gasteiger partial charge in [0, 0.05) is 0 Å². The second-order valence-corrected chi connectivity index (χ2v) is 6.02. The van der Waals surface area contributed by atoms with E-state index in [0.29, 0.717) is 0 Å². The molecule has 0 saturated heterocycles. The SMILES string of the molecule is CCCCCC1=C(C)N(ON2ONC(CCCCC)=C2C)ON1. The average Bonchev–Trinajstić information content (AvgIpc) is 3.06. The van der Waals surface area contributed by atoms with Gasteiger partial charge in [0.2, 0.25) is 0 Å². The lowest BCUT2D eigenvalue weighted by molar-refractivity contribution is -0.508. The van der Waals surface area contributed by atoms with Crippen LogP contribution in [0.25, 0.3) is 0 Å². The molecule has 0 fully saturated rings. The molecular weight excluding hydrogens is 296 g/mol. The molecule has 0 aromatic carbocycles. The maximum Gasteiger partial charge on any atom is 0.0952 e. The van der Waals surface area contributed by atoms with Crippen molar-refractivity contribution in [3.05, 3.63) is 22.8 Å². The van der Waals surface area contributed by atoms with Gasteiger partial charge < -0.3 is 0 Å². The van der Waals surface area contributed by atoms with Crippen molar-refractivity contribution in [1.82, 2.24) is 21.4 Å². The quantitative estimate of drug-likeness (QED) is 0.589. The van der Waals surface area contributed by atoms with Gasteiger partial charge >= 0.3 is 0 Å². The minimum atomic E-state index is 0.914. The molecule has 2 aliphatic heterocycles. The third-order valence-electron chi connectivity index (χ3n) is 4.13. The minimum absolute atomic E-state index is 0.914. The highest BCUT2D eigenvalue weighted by molar-refractivity contribution is 5.09. The number of hydroxylamine groups is 6. The zero-order valence-corrected chi connectivity index (χ0v) is 14.8. The van der Waals surface area contributed by atoms with Gasteiger partial charge in [-0.15, -0.1) is 9.88 Å². The first kappa shape index (κ1) is 17.9. The van der Waals surface area contributed by atoms with Gasteiger partial charge in [0.05, 0.1) is 22.8 Å². The molecule has 0 unspecified atom stereocenters. The van der Waals surface area contributed by atoms with Crippen molar-refractivity contribution in [3.8, 4) is 0 Å². The third kappa shape index (κ3) is 4.76. The summed E-state index contributed by atoms with van der Waals surface area (Å²) in [6.07, 6.45) is 9.00. The lowest BCUT2D eigenvalue weighted by atomic mass is 10.1. The fourth-order valence-electron chi connectivity index (χ4n) is 2.49. The number of nitrogens with one attached hydrogen (secondary N) is 2. The Labute approximate surface area is 139 Å². The van der Waals surface area contributed by atoms with Gasteiger partial charge in [-0.05, 0) is 39.5 Å². The van der Waals surface area contributed by atoms with Crippen LogP contribution >= 0.6 is 0 Å². The van der Waals surface area contributed by atoms with E-state index in [1.165, 1.54) is 36.1 Å². The average molecular weight is 326 g/mol. The number of hydrogen-bond donors (Lipinski definition) is 2. The Morgan fingerprint density at radius 3 is 1.61 bits per heavy atom. The van der Waals surface area contributed by atoms with E-state index < -0.39 is 0 Å². The number of rotatable bonds is 10. The Morgan fingerprint density at radius 1 is 0.783 bits per heavy atom. The molecule has 0 radical (unpaired) electrons. The standard InChI is InChI=1S/C16H30N4O3/c1-5-7-9-11-15-13(3)19(21-17-15)23-20-14(4)16(18-22-20)12-10-8-6-2/h17-18H,5-12H2,1-4H3. The van der Waals surface area contributed by atoms with Crippen LogP contribution in [0.2, 0.25) is 0 Å². The minimum Gasteiger partial charge on any atom is -0.242 e. The van der Waals surface area contributed by atoms with Crippen molar-refractivity contribution in [1.29, 1.82) is 0 Å². The Morgan fingerprint density at radius 2 is 1.22 bits per heavy atom. The Hall–Kier alpha value is -1.44. The highest BCUT2D eigenvalue weighted by Crippen LogP contribution is 2.26. The maximum absolute atomic E-state index is 5.65. The van der Waals surface area contributed by atoms with Crippen molar-refractivity contribution in [2.45, 2.75) is 79.1 Å². The van der Waals surface area contributed by atoms with E-state index in [0.717, 1.165) is 48.5 Å². The summed E-state index contributed by atoms with van der Waals surface area (Å²) in [5, 5.41) is 2.70. The van der Waals surface area contributed by atoms with Gasteiger partial charge in [-0.3, -0.25) is 0 Å². The normalized spacial score (nSPS) is 18.1. The maximum atomic E-state index is 5.65. The Kier molecular flexibility index (Phi) is 7.01. The van der Waals surface area contributed by atoms with E-state index in [9.17, 15) is 0 Å². The molecule has 0 amide bonds. The van der Waals surface area contributed by atoms with Crippen LogP contribution in [0, 0.1) is 0 Å². The Balaban J connectivity index is 1.85. The van der Waals surface area contributed by atoms with E-state index >= 15 is 0 Å². The molecule has 2 rings (SSSR count). The van der Waals surface area contributed by atoms with Gasteiger partial charge in [-0.25, -0.2) is 11.0 Å². The van der Waals surface area contributed by atoms with Gasteiger partial charge in [-0.2, -0.15) is 0 Å². The molecular formula is C16H30N4O3. The summed E-state index contributed by atoms with van der Waals surface area (Å²) in [6, 6.07) is 0. The summed E-state index contributed by atoms with van der Waals surface area (Å²) < 4.78 is 0. The highest BCUT2D eigenvalue weighted by atomic mass is 17.2. The van der Waals surface area contributed by atoms with E-state index in [2.05, 4.69) is 24.8 Å². The third-order valence-corrected chi connectivity index (χ3v) is 4.13. The van der Waals surface area contributed by atoms with Gasteiger partial charge in [0.25, 0.3) is 0 Å². The topological polar surface area (TPSA) is 58.2 Å². The first-order valence-corrected chi connectivity index (χ1v) is 8.71. The summed E-state index contributed by atoms with van der Waals surface area (Å²) >= 11 is 0. The molecule has 23 heavy (non-hydrogen) atoms. The smallest absolute Gasteiger partial charge is 0.0952 e. The molecule has 0 saturated carbocycles. The number of allylic oxidation sites excluding steroid dienone is 4. The fraction of sp³-hybridized carbons (Fsp3) is 0.750. The molecule has 0 aromatic rings. The second-order valence-electron chi connectivity index (χ2n) is 6.02. The molecule has 132 valence electrons. The number of nitrogens with zero attached hydrogens (tertiary/aromatic N) is 2. The van der Waals surface area contributed by atoms with Crippen LogP contribution in [-0.4, -0.2) is 10.5 Å². The molecule has 2 aliphatic rings. The van der Waals surface area contributed by atoms with Crippen LogP contribution in [0.5, 0.6) is 0 Å². The van der Waals surface area contributed by atoms with E-state index in [4.69, 9.17) is 14.8 Å². The van der Waals surface area contributed by atoms with Crippen LogP contribution in [0.15, 0.2) is 22.8 Å². The second kappa shape index (κ2) is 9.00. The zero-order valence-electron chi connectivity index (χ0n) is 14.8. The molecule has 7 nitrogen and oxygen atoms in total. The van der Waals surface area contributed by atoms with Crippen molar-refractivity contribution < 1.29 is 14.8 Å². The molecule has 0 aliphatic carbocycles. The number of unbranched alkanes of at least 4 members (excludes halogenated alkanes) is 4. The molecule has 0 bridgehead atoms. The zero-order chi connectivity index (χ0) is 16.7. The summed E-state index contributed by atoms with van der Waals surface area (Å²) in [5.41, 5.74) is 9.77. The van der Waals surface area contributed by atoms with Crippen LogP contribution < -0.4 is 11.0 Å². The van der Waals surface area contributed by atoms with E-state index in [-0.39, 0.29) is 0 Å². The van der Waals surface area contributed by atoms with Crippen molar-refractivity contribution in [2.75, 3.05) is 0 Å². The van der Waals surface area contributed by atoms with Crippen LogP contribution in [0.3, 0.4) is 0 Å². The van der Waals surface area contributed by atoms with Crippen molar-refractivity contribution in [3.63, 3.8) is 0 Å². The summed E-state index contributed by atoms with van der Waals surface area (Å²) in [5.74, 6) is 0. The highest BCUT2D eigenvalue weighted by Gasteiger charge is 2.28. The molecule has 0 spiro atoms. The lowest BCUT2D eigenvalue weighted by Gasteiger charge is -2.21. The predicted octanol–water partition coefficient (Wildman–Crippen LogP) is 3.96.